The van der Waals surface area contributed by atoms with Crippen LogP contribution in [0.1, 0.15) is 44.6 Å². The summed E-state index contributed by atoms with van der Waals surface area (Å²) in [6.45, 7) is 5.68. The molecule has 3 rings (SSSR count). The van der Waals surface area contributed by atoms with Crippen LogP contribution in [0.2, 0.25) is 0 Å². The van der Waals surface area contributed by atoms with Crippen molar-refractivity contribution >= 4 is 12.1 Å². The Morgan fingerprint density at radius 3 is 2.38 bits per heavy atom. The molecule has 0 amide bonds. The van der Waals surface area contributed by atoms with Crippen molar-refractivity contribution in [2.75, 3.05) is 0 Å². The SMILES string of the molecule is [2H]/C(c1nc[nH]c1C(C)(C)C)=c1/[nH]c(=O)/c(=C/c2c([2H])c([2H])c(F)c([2H])c2[2H])[nH]c1=O. The molecule has 134 valence electrons. The van der Waals surface area contributed by atoms with Gasteiger partial charge in [-0.05, 0) is 29.8 Å². The number of benzene rings is 1. The number of H-pyrrole nitrogens is 3. The molecule has 0 radical (unpaired) electrons. The van der Waals surface area contributed by atoms with Crippen molar-refractivity contribution in [2.45, 2.75) is 26.2 Å². The van der Waals surface area contributed by atoms with Gasteiger partial charge in [-0.15, -0.1) is 0 Å². The molecule has 0 bridgehead atoms. The quantitative estimate of drug-likeness (QED) is 0.634. The molecule has 0 spiro atoms. The number of nitrogens with one attached hydrogen (secondary N) is 3. The molecule has 0 unspecified atom stereocenters. The first-order valence-corrected chi connectivity index (χ1v) is 7.70. The standard InChI is InChI=1S/C19H19FN4O2/c1-19(2,3)16-13(21-10-22-16)9-15-18(26)23-14(17(25)24-15)8-11-4-6-12(20)7-5-11/h4-10H,1-3H3,(H,21,22)(H,23,26)(H,24,25)/b14-8-,15-9-/i4D,5D,6D,7D,9D. The van der Waals surface area contributed by atoms with E-state index in [4.69, 9.17) is 6.85 Å². The lowest BCUT2D eigenvalue weighted by molar-refractivity contribution is 0.571. The molecule has 0 saturated carbocycles. The topological polar surface area (TPSA) is 94.4 Å². The van der Waals surface area contributed by atoms with E-state index >= 15 is 0 Å². The Morgan fingerprint density at radius 1 is 1.12 bits per heavy atom. The van der Waals surface area contributed by atoms with Gasteiger partial charge in [0.05, 0.1) is 18.9 Å². The first-order chi connectivity index (χ1) is 14.3. The highest BCUT2D eigenvalue weighted by atomic mass is 19.1. The highest BCUT2D eigenvalue weighted by molar-refractivity contribution is 5.49. The van der Waals surface area contributed by atoms with Gasteiger partial charge >= 0.3 is 0 Å². The Hall–Kier alpha value is -3.22. The molecule has 2 aromatic heterocycles. The Morgan fingerprint density at radius 2 is 1.73 bits per heavy atom. The van der Waals surface area contributed by atoms with E-state index in [2.05, 4.69) is 19.9 Å². The summed E-state index contributed by atoms with van der Waals surface area (Å²) >= 11 is 0. The molecule has 7 heteroatoms. The van der Waals surface area contributed by atoms with Crippen LogP contribution in [0.25, 0.3) is 12.1 Å². The lowest BCUT2D eigenvalue weighted by Gasteiger charge is -2.16. The van der Waals surface area contributed by atoms with E-state index < -0.39 is 46.5 Å². The Kier molecular flexibility index (Phi) is 3.09. The van der Waals surface area contributed by atoms with Crippen LogP contribution in [0.15, 0.2) is 40.1 Å². The second-order valence-electron chi connectivity index (χ2n) is 6.57. The largest absolute Gasteiger partial charge is 0.348 e. The molecule has 2 heterocycles. The average Bonchev–Trinajstić information content (AvgIpc) is 3.20. The van der Waals surface area contributed by atoms with Crippen molar-refractivity contribution in [3.8, 4) is 0 Å². The van der Waals surface area contributed by atoms with Crippen LogP contribution in [-0.4, -0.2) is 19.9 Å². The van der Waals surface area contributed by atoms with Crippen molar-refractivity contribution in [3.63, 3.8) is 0 Å². The minimum atomic E-state index is -1.31. The molecular weight excluding hydrogens is 335 g/mol. The van der Waals surface area contributed by atoms with Crippen LogP contribution in [0.5, 0.6) is 0 Å². The number of aromatic nitrogens is 4. The number of hydrogen-bond donors (Lipinski definition) is 3. The monoisotopic (exact) mass is 359 g/mol. The summed E-state index contributed by atoms with van der Waals surface area (Å²) in [6, 6.07) is -3.47. The van der Waals surface area contributed by atoms with Gasteiger partial charge in [0.15, 0.2) is 0 Å². The van der Waals surface area contributed by atoms with Gasteiger partial charge in [0.2, 0.25) is 0 Å². The van der Waals surface area contributed by atoms with Crippen molar-refractivity contribution in [2.24, 2.45) is 0 Å². The molecule has 3 N–H and O–H groups in total. The fraction of sp³-hybridized carbons (Fsp3) is 0.211. The second-order valence-corrected chi connectivity index (χ2v) is 6.57. The summed E-state index contributed by atoms with van der Waals surface area (Å²) in [6.07, 6.45) is 2.32. The minimum Gasteiger partial charge on any atom is -0.348 e. The fourth-order valence-corrected chi connectivity index (χ4v) is 2.27. The lowest BCUT2D eigenvalue weighted by Crippen LogP contribution is -2.46. The molecule has 0 saturated heterocycles. The fourth-order valence-electron chi connectivity index (χ4n) is 2.27. The van der Waals surface area contributed by atoms with Gasteiger partial charge in [-0.3, -0.25) is 9.59 Å². The molecule has 26 heavy (non-hydrogen) atoms. The number of hydrogen-bond acceptors (Lipinski definition) is 3. The summed E-state index contributed by atoms with van der Waals surface area (Å²) in [7, 11) is 0. The van der Waals surface area contributed by atoms with Crippen LogP contribution >= 0.6 is 0 Å². The number of nitrogens with zero attached hydrogens (tertiary/aromatic N) is 1. The van der Waals surface area contributed by atoms with Gasteiger partial charge in [-0.25, -0.2) is 9.37 Å². The van der Waals surface area contributed by atoms with Crippen LogP contribution in [-0.2, 0) is 5.41 Å². The predicted octanol–water partition coefficient (Wildman–Crippen LogP) is 0.880. The molecule has 0 atom stereocenters. The van der Waals surface area contributed by atoms with E-state index in [1.807, 2.05) is 20.8 Å². The second kappa shape index (κ2) is 6.59. The smallest absolute Gasteiger partial charge is 0.272 e. The zero-order valence-electron chi connectivity index (χ0n) is 19.3. The van der Waals surface area contributed by atoms with Crippen LogP contribution < -0.4 is 21.8 Å². The van der Waals surface area contributed by atoms with Crippen LogP contribution in [0.3, 0.4) is 0 Å². The number of imidazole rings is 1. The van der Waals surface area contributed by atoms with Gasteiger partial charge in [0, 0.05) is 11.1 Å². The molecular formula is C19H19FN4O2. The molecule has 3 aromatic rings. The van der Waals surface area contributed by atoms with Crippen LogP contribution in [0, 0.1) is 5.82 Å². The molecule has 0 aliphatic rings. The molecule has 0 aliphatic heterocycles. The molecule has 6 nitrogen and oxygen atoms in total. The van der Waals surface area contributed by atoms with Gasteiger partial charge < -0.3 is 15.0 Å². The van der Waals surface area contributed by atoms with Gasteiger partial charge in [0.1, 0.15) is 16.5 Å². The highest BCUT2D eigenvalue weighted by Gasteiger charge is 2.19. The highest BCUT2D eigenvalue weighted by Crippen LogP contribution is 2.22. The first kappa shape index (κ1) is 12.2. The predicted molar refractivity (Wildman–Crippen MR) is 97.8 cm³/mol. The van der Waals surface area contributed by atoms with Gasteiger partial charge in [0.25, 0.3) is 11.1 Å². The third-order valence-electron chi connectivity index (χ3n) is 3.49. The summed E-state index contributed by atoms with van der Waals surface area (Å²) in [5, 5.41) is -0.703. The van der Waals surface area contributed by atoms with Crippen molar-refractivity contribution in [1.29, 1.82) is 0 Å². The van der Waals surface area contributed by atoms with E-state index in [9.17, 15) is 14.0 Å². The maximum Gasteiger partial charge on any atom is 0.272 e. The minimum absolute atomic E-state index is 0.198. The first-order valence-electron chi connectivity index (χ1n) is 10.2. The van der Waals surface area contributed by atoms with Gasteiger partial charge in [-0.1, -0.05) is 32.9 Å². The summed E-state index contributed by atoms with van der Waals surface area (Å²) < 4.78 is 52.8. The number of rotatable bonds is 2. The molecule has 1 aromatic carbocycles. The Balaban J connectivity index is 2.30. The molecule has 0 aliphatic carbocycles. The van der Waals surface area contributed by atoms with Crippen LogP contribution in [0.4, 0.5) is 4.39 Å². The van der Waals surface area contributed by atoms with E-state index in [1.165, 1.54) is 6.33 Å². The van der Waals surface area contributed by atoms with E-state index in [1.54, 1.807) is 0 Å². The number of halogens is 1. The third kappa shape index (κ3) is 3.72. The molecule has 0 fully saturated rings. The summed E-state index contributed by atoms with van der Waals surface area (Å²) in [4.78, 5) is 36.7. The summed E-state index contributed by atoms with van der Waals surface area (Å²) in [5.74, 6) is -1.31. The van der Waals surface area contributed by atoms with Crippen molar-refractivity contribution in [1.82, 2.24) is 19.9 Å². The normalized spacial score (nSPS) is 16.5. The summed E-state index contributed by atoms with van der Waals surface area (Å²) in [5.41, 5.74) is -1.63. The van der Waals surface area contributed by atoms with E-state index in [0.717, 1.165) is 6.08 Å². The maximum atomic E-state index is 13.7. The van der Waals surface area contributed by atoms with Gasteiger partial charge in [-0.2, -0.15) is 0 Å². The average molecular weight is 359 g/mol. The lowest BCUT2D eigenvalue weighted by atomic mass is 9.90. The zero-order chi connectivity index (χ0) is 23.2. The van der Waals surface area contributed by atoms with Crippen molar-refractivity contribution < 1.29 is 11.2 Å². The Labute approximate surface area is 155 Å². The third-order valence-corrected chi connectivity index (χ3v) is 3.49. The van der Waals surface area contributed by atoms with E-state index in [0.29, 0.717) is 5.69 Å². The van der Waals surface area contributed by atoms with Crippen molar-refractivity contribution in [3.05, 3.63) is 84.7 Å². The zero-order valence-corrected chi connectivity index (χ0v) is 14.3. The number of aromatic amines is 3. The Bertz CT molecular complexity index is 1400. The maximum absolute atomic E-state index is 13.7. The van der Waals surface area contributed by atoms with E-state index in [-0.39, 0.29) is 28.0 Å².